The second-order valence-corrected chi connectivity index (χ2v) is 7.60. The van der Waals surface area contributed by atoms with Crippen molar-refractivity contribution in [1.29, 1.82) is 0 Å². The van der Waals surface area contributed by atoms with Crippen LogP contribution in [0.25, 0.3) is 0 Å². The van der Waals surface area contributed by atoms with Crippen molar-refractivity contribution in [3.05, 3.63) is 66.5 Å². The number of hydrogen-bond acceptors (Lipinski definition) is 5. The molecule has 7 heteroatoms. The molecule has 5 rings (SSSR count). The number of methoxy groups -OCH3 is 1. The smallest absolute Gasteiger partial charge is 0.234 e. The molecule has 1 spiro atoms. The fourth-order valence-electron chi connectivity index (χ4n) is 4.59. The SMILES string of the molecule is COc1ccc(N2CC34C=CC(O3)C(C(=O)NCc3ccncc3)C4C2=O)cc1. The summed E-state index contributed by atoms with van der Waals surface area (Å²) in [7, 11) is 1.60. The van der Waals surface area contributed by atoms with Crippen LogP contribution in [0.15, 0.2) is 60.9 Å². The molecule has 1 aromatic heterocycles. The summed E-state index contributed by atoms with van der Waals surface area (Å²) in [6.45, 7) is 0.800. The van der Waals surface area contributed by atoms with Gasteiger partial charge in [0.2, 0.25) is 11.8 Å². The average Bonchev–Trinajstić information content (AvgIpc) is 3.41. The van der Waals surface area contributed by atoms with Crippen LogP contribution in [0.3, 0.4) is 0 Å². The first-order valence-corrected chi connectivity index (χ1v) is 9.60. The lowest BCUT2D eigenvalue weighted by Gasteiger charge is -2.23. The van der Waals surface area contributed by atoms with Gasteiger partial charge in [-0.3, -0.25) is 14.6 Å². The molecule has 148 valence electrons. The van der Waals surface area contributed by atoms with Crippen molar-refractivity contribution in [2.75, 3.05) is 18.6 Å². The molecule has 1 aromatic carbocycles. The maximum absolute atomic E-state index is 13.3. The number of benzene rings is 1. The quantitative estimate of drug-likeness (QED) is 0.785. The third kappa shape index (κ3) is 2.81. The van der Waals surface area contributed by atoms with Crippen LogP contribution in [0.5, 0.6) is 5.75 Å². The zero-order valence-corrected chi connectivity index (χ0v) is 15.9. The van der Waals surface area contributed by atoms with E-state index in [1.54, 1.807) is 24.4 Å². The van der Waals surface area contributed by atoms with Crippen molar-refractivity contribution in [3.63, 3.8) is 0 Å². The molecule has 2 bridgehead atoms. The molecule has 0 saturated carbocycles. The van der Waals surface area contributed by atoms with Gasteiger partial charge in [0, 0.05) is 24.6 Å². The van der Waals surface area contributed by atoms with Gasteiger partial charge in [0.15, 0.2) is 0 Å². The number of ether oxygens (including phenoxy) is 2. The summed E-state index contributed by atoms with van der Waals surface area (Å²) in [4.78, 5) is 32.0. The molecule has 3 aliphatic heterocycles. The standard InChI is InChI=1S/C22H21N3O4/c1-28-16-4-2-15(3-5-16)25-13-22-9-6-17(29-22)18(19(22)21(25)27)20(26)24-12-14-7-10-23-11-8-14/h2-11,17-19H,12-13H2,1H3,(H,24,26). The van der Waals surface area contributed by atoms with Crippen LogP contribution in [0.2, 0.25) is 0 Å². The minimum absolute atomic E-state index is 0.0777. The van der Waals surface area contributed by atoms with Crippen molar-refractivity contribution in [3.8, 4) is 5.75 Å². The van der Waals surface area contributed by atoms with E-state index in [2.05, 4.69) is 10.3 Å². The van der Waals surface area contributed by atoms with Crippen molar-refractivity contribution < 1.29 is 19.1 Å². The van der Waals surface area contributed by atoms with Crippen molar-refractivity contribution in [2.24, 2.45) is 11.8 Å². The summed E-state index contributed by atoms with van der Waals surface area (Å²) in [5.74, 6) is -0.558. The number of pyridine rings is 1. The van der Waals surface area contributed by atoms with Crippen LogP contribution in [-0.4, -0.2) is 42.2 Å². The second kappa shape index (κ2) is 6.70. The zero-order valence-electron chi connectivity index (χ0n) is 15.9. The van der Waals surface area contributed by atoms with Gasteiger partial charge in [-0.2, -0.15) is 0 Å². The Morgan fingerprint density at radius 2 is 2.03 bits per heavy atom. The molecular formula is C22H21N3O4. The van der Waals surface area contributed by atoms with E-state index in [4.69, 9.17) is 9.47 Å². The number of hydrogen-bond donors (Lipinski definition) is 1. The highest BCUT2D eigenvalue weighted by molar-refractivity contribution is 6.03. The van der Waals surface area contributed by atoms with Crippen molar-refractivity contribution in [1.82, 2.24) is 10.3 Å². The summed E-state index contributed by atoms with van der Waals surface area (Å²) in [6.07, 6.45) is 6.88. The molecule has 0 aliphatic carbocycles. The fourth-order valence-corrected chi connectivity index (χ4v) is 4.59. The Bertz CT molecular complexity index is 975. The number of nitrogens with zero attached hydrogens (tertiary/aromatic N) is 2. The summed E-state index contributed by atoms with van der Waals surface area (Å²) in [5.41, 5.74) is 0.997. The molecule has 2 amide bonds. The highest BCUT2D eigenvalue weighted by Gasteiger charge is 2.67. The maximum Gasteiger partial charge on any atom is 0.234 e. The molecule has 2 fully saturated rings. The molecule has 2 saturated heterocycles. The Morgan fingerprint density at radius 1 is 1.28 bits per heavy atom. The molecule has 4 heterocycles. The molecule has 2 aromatic rings. The predicted molar refractivity (Wildman–Crippen MR) is 105 cm³/mol. The molecule has 1 N–H and O–H groups in total. The van der Waals surface area contributed by atoms with Crippen LogP contribution in [-0.2, 0) is 20.9 Å². The fraction of sp³-hybridized carbons (Fsp3) is 0.318. The minimum atomic E-state index is -0.736. The summed E-state index contributed by atoms with van der Waals surface area (Å²) in [6, 6.07) is 11.0. The number of fused-ring (bicyclic) bond motifs is 1. The number of rotatable bonds is 5. The lowest BCUT2D eigenvalue weighted by molar-refractivity contribution is -0.132. The Labute approximate surface area is 168 Å². The van der Waals surface area contributed by atoms with E-state index in [9.17, 15) is 9.59 Å². The number of nitrogens with one attached hydrogen (secondary N) is 1. The monoisotopic (exact) mass is 391 g/mol. The van der Waals surface area contributed by atoms with Gasteiger partial charge >= 0.3 is 0 Å². The van der Waals surface area contributed by atoms with Gasteiger partial charge in [-0.1, -0.05) is 12.2 Å². The van der Waals surface area contributed by atoms with Gasteiger partial charge < -0.3 is 19.7 Å². The predicted octanol–water partition coefficient (Wildman–Crippen LogP) is 1.69. The Morgan fingerprint density at radius 3 is 2.76 bits per heavy atom. The molecule has 4 atom stereocenters. The summed E-state index contributed by atoms with van der Waals surface area (Å²) in [5, 5.41) is 2.96. The minimum Gasteiger partial charge on any atom is -0.497 e. The first-order chi connectivity index (χ1) is 14.1. The van der Waals surface area contributed by atoms with Gasteiger partial charge in [0.25, 0.3) is 0 Å². The van der Waals surface area contributed by atoms with E-state index in [0.717, 1.165) is 17.0 Å². The summed E-state index contributed by atoms with van der Waals surface area (Å²) >= 11 is 0. The number of amides is 2. The first kappa shape index (κ1) is 17.9. The van der Waals surface area contributed by atoms with Crippen LogP contribution in [0.1, 0.15) is 5.56 Å². The van der Waals surface area contributed by atoms with E-state index in [-0.39, 0.29) is 17.9 Å². The Balaban J connectivity index is 1.37. The van der Waals surface area contributed by atoms with Crippen LogP contribution in [0.4, 0.5) is 5.69 Å². The number of aromatic nitrogens is 1. The van der Waals surface area contributed by atoms with Crippen LogP contribution < -0.4 is 15.0 Å². The molecule has 29 heavy (non-hydrogen) atoms. The second-order valence-electron chi connectivity index (χ2n) is 7.60. The van der Waals surface area contributed by atoms with Gasteiger partial charge in [-0.25, -0.2) is 0 Å². The number of anilines is 1. The average molecular weight is 391 g/mol. The molecular weight excluding hydrogens is 370 g/mol. The van der Waals surface area contributed by atoms with E-state index < -0.39 is 17.4 Å². The highest BCUT2D eigenvalue weighted by atomic mass is 16.5. The van der Waals surface area contributed by atoms with Gasteiger partial charge in [0.05, 0.1) is 31.6 Å². The highest BCUT2D eigenvalue weighted by Crippen LogP contribution is 2.52. The lowest BCUT2D eigenvalue weighted by atomic mass is 9.77. The Hall–Kier alpha value is -3.19. The first-order valence-electron chi connectivity index (χ1n) is 9.60. The van der Waals surface area contributed by atoms with Crippen molar-refractivity contribution in [2.45, 2.75) is 18.2 Å². The van der Waals surface area contributed by atoms with E-state index in [1.165, 1.54) is 0 Å². The molecule has 0 radical (unpaired) electrons. The zero-order chi connectivity index (χ0) is 20.0. The van der Waals surface area contributed by atoms with E-state index in [1.807, 2.05) is 48.6 Å². The largest absolute Gasteiger partial charge is 0.497 e. The van der Waals surface area contributed by atoms with Crippen LogP contribution in [0, 0.1) is 11.8 Å². The van der Waals surface area contributed by atoms with Crippen LogP contribution >= 0.6 is 0 Å². The van der Waals surface area contributed by atoms with Gasteiger partial charge in [0.1, 0.15) is 11.4 Å². The molecule has 3 aliphatic rings. The number of carbonyl (C=O) groups is 2. The third-order valence-corrected chi connectivity index (χ3v) is 6.00. The lowest BCUT2D eigenvalue weighted by Crippen LogP contribution is -2.43. The molecule has 7 nitrogen and oxygen atoms in total. The van der Waals surface area contributed by atoms with Gasteiger partial charge in [-0.15, -0.1) is 0 Å². The molecule has 4 unspecified atom stereocenters. The van der Waals surface area contributed by atoms with Crippen molar-refractivity contribution >= 4 is 17.5 Å². The number of carbonyl (C=O) groups excluding carboxylic acids is 2. The van der Waals surface area contributed by atoms with Gasteiger partial charge in [-0.05, 0) is 42.0 Å². The van der Waals surface area contributed by atoms with E-state index >= 15 is 0 Å². The topological polar surface area (TPSA) is 80.8 Å². The van der Waals surface area contributed by atoms with E-state index in [0.29, 0.717) is 13.1 Å². The normalized spacial score (nSPS) is 29.2. The third-order valence-electron chi connectivity index (χ3n) is 6.00. The Kier molecular flexibility index (Phi) is 4.13. The maximum atomic E-state index is 13.3. The summed E-state index contributed by atoms with van der Waals surface area (Å²) < 4.78 is 11.4.